The van der Waals surface area contributed by atoms with Gasteiger partial charge in [0.05, 0.1) is 5.75 Å². The highest BCUT2D eigenvalue weighted by Crippen LogP contribution is 2.23. The van der Waals surface area contributed by atoms with Gasteiger partial charge in [0.15, 0.2) is 11.0 Å². The van der Waals surface area contributed by atoms with E-state index in [0.717, 1.165) is 10.7 Å². The standard InChI is InChI=1S/C14H16FN7S/c1-9(2)21-8-16-18-14(21)23-7-13-17-19-20-22(13)12-6-10(3)4-5-11(12)15/h4-6,8-9H,7H2,1-3H3. The van der Waals surface area contributed by atoms with Crippen molar-refractivity contribution >= 4 is 11.8 Å². The van der Waals surface area contributed by atoms with Crippen molar-refractivity contribution in [1.82, 2.24) is 35.0 Å². The van der Waals surface area contributed by atoms with Gasteiger partial charge in [0, 0.05) is 6.04 Å². The summed E-state index contributed by atoms with van der Waals surface area (Å²) in [6.07, 6.45) is 1.69. The van der Waals surface area contributed by atoms with Gasteiger partial charge in [0.2, 0.25) is 0 Å². The number of tetrazole rings is 1. The second-order valence-corrected chi connectivity index (χ2v) is 6.31. The van der Waals surface area contributed by atoms with Crippen LogP contribution in [0.1, 0.15) is 31.3 Å². The molecular formula is C14H16FN7S. The fourth-order valence-electron chi connectivity index (χ4n) is 2.09. The van der Waals surface area contributed by atoms with Crippen molar-refractivity contribution in [1.29, 1.82) is 0 Å². The average Bonchev–Trinajstić information content (AvgIpc) is 3.16. The molecule has 0 bridgehead atoms. The van der Waals surface area contributed by atoms with Gasteiger partial charge in [0.25, 0.3) is 0 Å². The topological polar surface area (TPSA) is 74.3 Å². The molecule has 23 heavy (non-hydrogen) atoms. The van der Waals surface area contributed by atoms with Crippen LogP contribution in [0, 0.1) is 12.7 Å². The number of nitrogens with zero attached hydrogens (tertiary/aromatic N) is 7. The van der Waals surface area contributed by atoms with E-state index in [1.165, 1.54) is 22.5 Å². The van der Waals surface area contributed by atoms with Crippen molar-refractivity contribution in [2.45, 2.75) is 37.7 Å². The monoisotopic (exact) mass is 333 g/mol. The van der Waals surface area contributed by atoms with E-state index in [9.17, 15) is 4.39 Å². The summed E-state index contributed by atoms with van der Waals surface area (Å²) in [6.45, 7) is 6.01. The summed E-state index contributed by atoms with van der Waals surface area (Å²) in [5, 5.41) is 20.4. The molecule has 0 N–H and O–H groups in total. The summed E-state index contributed by atoms with van der Waals surface area (Å²) < 4.78 is 17.4. The van der Waals surface area contributed by atoms with Crippen LogP contribution in [-0.2, 0) is 5.75 Å². The molecule has 0 saturated carbocycles. The summed E-state index contributed by atoms with van der Waals surface area (Å²) in [6, 6.07) is 5.11. The molecule has 3 aromatic rings. The molecule has 0 saturated heterocycles. The van der Waals surface area contributed by atoms with Crippen molar-refractivity contribution in [3.8, 4) is 5.69 Å². The number of benzene rings is 1. The Kier molecular flexibility index (Phi) is 4.37. The predicted molar refractivity (Wildman–Crippen MR) is 83.8 cm³/mol. The molecule has 0 fully saturated rings. The summed E-state index contributed by atoms with van der Waals surface area (Å²) in [7, 11) is 0. The van der Waals surface area contributed by atoms with Crippen molar-refractivity contribution in [2.24, 2.45) is 0 Å². The van der Waals surface area contributed by atoms with E-state index >= 15 is 0 Å². The zero-order valence-electron chi connectivity index (χ0n) is 13.0. The third kappa shape index (κ3) is 3.24. The Morgan fingerprint density at radius 1 is 1.26 bits per heavy atom. The van der Waals surface area contributed by atoms with Crippen LogP contribution in [0.25, 0.3) is 5.69 Å². The summed E-state index contributed by atoms with van der Waals surface area (Å²) in [5.41, 5.74) is 1.28. The molecule has 0 radical (unpaired) electrons. The van der Waals surface area contributed by atoms with E-state index in [-0.39, 0.29) is 11.9 Å². The molecule has 3 rings (SSSR count). The highest BCUT2D eigenvalue weighted by molar-refractivity contribution is 7.98. The number of hydrogen-bond donors (Lipinski definition) is 0. The van der Waals surface area contributed by atoms with Gasteiger partial charge in [-0.15, -0.1) is 15.3 Å². The third-order valence-electron chi connectivity index (χ3n) is 3.29. The van der Waals surface area contributed by atoms with E-state index in [2.05, 4.69) is 39.6 Å². The second-order valence-electron chi connectivity index (χ2n) is 5.36. The number of aromatic nitrogens is 7. The number of aryl methyl sites for hydroxylation is 1. The van der Waals surface area contributed by atoms with Gasteiger partial charge in [-0.1, -0.05) is 17.8 Å². The lowest BCUT2D eigenvalue weighted by Gasteiger charge is -2.09. The van der Waals surface area contributed by atoms with Crippen LogP contribution in [0.15, 0.2) is 29.7 Å². The van der Waals surface area contributed by atoms with Crippen molar-refractivity contribution in [3.05, 3.63) is 41.7 Å². The molecule has 120 valence electrons. The van der Waals surface area contributed by atoms with Gasteiger partial charge in [0.1, 0.15) is 17.8 Å². The minimum absolute atomic E-state index is 0.262. The Hall–Kier alpha value is -2.29. The van der Waals surface area contributed by atoms with Crippen molar-refractivity contribution in [3.63, 3.8) is 0 Å². The SMILES string of the molecule is Cc1ccc(F)c(-n2nnnc2CSc2nncn2C(C)C)c1. The number of rotatable bonds is 5. The fraction of sp³-hybridized carbons (Fsp3) is 0.357. The summed E-state index contributed by atoms with van der Waals surface area (Å²) in [5.74, 6) is 0.656. The second kappa shape index (κ2) is 6.45. The molecule has 1 aromatic carbocycles. The Bertz CT molecular complexity index is 811. The highest BCUT2D eigenvalue weighted by Gasteiger charge is 2.15. The van der Waals surface area contributed by atoms with Crippen molar-refractivity contribution < 1.29 is 4.39 Å². The highest BCUT2D eigenvalue weighted by atomic mass is 32.2. The smallest absolute Gasteiger partial charge is 0.191 e. The largest absolute Gasteiger partial charge is 0.306 e. The Balaban J connectivity index is 1.84. The maximum atomic E-state index is 14.0. The molecule has 0 amide bonds. The Morgan fingerprint density at radius 3 is 2.87 bits per heavy atom. The molecule has 9 heteroatoms. The van der Waals surface area contributed by atoms with Crippen LogP contribution in [0.5, 0.6) is 0 Å². The average molecular weight is 333 g/mol. The molecule has 0 unspecified atom stereocenters. The van der Waals surface area contributed by atoms with Gasteiger partial charge < -0.3 is 4.57 Å². The summed E-state index contributed by atoms with van der Waals surface area (Å²) >= 11 is 1.46. The fourth-order valence-corrected chi connectivity index (χ4v) is 3.04. The van der Waals surface area contributed by atoms with E-state index in [4.69, 9.17) is 0 Å². The van der Waals surface area contributed by atoms with E-state index < -0.39 is 0 Å². The third-order valence-corrected chi connectivity index (χ3v) is 4.24. The minimum atomic E-state index is -0.362. The van der Waals surface area contributed by atoms with Crippen LogP contribution < -0.4 is 0 Å². The number of thioether (sulfide) groups is 1. The first-order valence-corrected chi connectivity index (χ1v) is 8.11. The van der Waals surface area contributed by atoms with Gasteiger partial charge >= 0.3 is 0 Å². The van der Waals surface area contributed by atoms with E-state index in [1.807, 2.05) is 11.5 Å². The maximum Gasteiger partial charge on any atom is 0.191 e. The quantitative estimate of drug-likeness (QED) is 0.668. The number of hydrogen-bond acceptors (Lipinski definition) is 6. The zero-order chi connectivity index (χ0) is 16.4. The Morgan fingerprint density at radius 2 is 2.09 bits per heavy atom. The van der Waals surface area contributed by atoms with E-state index in [0.29, 0.717) is 17.3 Å². The lowest BCUT2D eigenvalue weighted by molar-refractivity contribution is 0.549. The first-order chi connectivity index (χ1) is 11.1. The predicted octanol–water partition coefficient (Wildman–Crippen LogP) is 2.57. The molecule has 2 heterocycles. The van der Waals surface area contributed by atoms with Crippen LogP contribution in [0.3, 0.4) is 0 Å². The molecule has 0 aliphatic rings. The summed E-state index contributed by atoms with van der Waals surface area (Å²) in [4.78, 5) is 0. The van der Waals surface area contributed by atoms with Crippen LogP contribution in [-0.4, -0.2) is 35.0 Å². The Labute approximate surface area is 136 Å². The normalized spacial score (nSPS) is 11.3. The van der Waals surface area contributed by atoms with Crippen LogP contribution in [0.4, 0.5) is 4.39 Å². The molecule has 0 aliphatic carbocycles. The van der Waals surface area contributed by atoms with Crippen LogP contribution >= 0.6 is 11.8 Å². The maximum absolute atomic E-state index is 14.0. The molecule has 2 aromatic heterocycles. The van der Waals surface area contributed by atoms with Gasteiger partial charge in [-0.25, -0.2) is 4.39 Å². The molecule has 0 aliphatic heterocycles. The lowest BCUT2D eigenvalue weighted by Crippen LogP contribution is -2.06. The first-order valence-electron chi connectivity index (χ1n) is 7.12. The minimum Gasteiger partial charge on any atom is -0.306 e. The zero-order valence-corrected chi connectivity index (χ0v) is 13.8. The van der Waals surface area contributed by atoms with Gasteiger partial charge in [-0.2, -0.15) is 4.68 Å². The van der Waals surface area contributed by atoms with Crippen LogP contribution in [0.2, 0.25) is 0 Å². The first kappa shape index (κ1) is 15.6. The molecule has 0 atom stereocenters. The molecule has 7 nitrogen and oxygen atoms in total. The van der Waals surface area contributed by atoms with Gasteiger partial charge in [-0.05, 0) is 48.9 Å². The lowest BCUT2D eigenvalue weighted by atomic mass is 10.2. The number of halogens is 1. The molecule has 0 spiro atoms. The van der Waals surface area contributed by atoms with Crippen molar-refractivity contribution in [2.75, 3.05) is 0 Å². The van der Waals surface area contributed by atoms with Gasteiger partial charge in [-0.3, -0.25) is 0 Å². The van der Waals surface area contributed by atoms with E-state index in [1.54, 1.807) is 18.5 Å². The molecular weight excluding hydrogens is 317 g/mol.